The molecule has 0 radical (unpaired) electrons. The summed E-state index contributed by atoms with van der Waals surface area (Å²) in [6.07, 6.45) is 3.90. The van der Waals surface area contributed by atoms with Gasteiger partial charge in [0.15, 0.2) is 5.03 Å². The highest BCUT2D eigenvalue weighted by molar-refractivity contribution is 7.91. The van der Waals surface area contributed by atoms with Crippen LogP contribution in [0.5, 0.6) is 0 Å². The Balaban J connectivity index is 0.000000414. The first-order valence-electron chi connectivity index (χ1n) is 9.35. The monoisotopic (exact) mass is 476 g/mol. The first kappa shape index (κ1) is 25.4. The molecule has 0 amide bonds. The second kappa shape index (κ2) is 11.1. The lowest BCUT2D eigenvalue weighted by atomic mass is 10.2. The van der Waals surface area contributed by atoms with E-state index in [1.165, 1.54) is 41.3 Å². The number of aryl methyl sites for hydroxylation is 1. The predicted molar refractivity (Wildman–Crippen MR) is 115 cm³/mol. The van der Waals surface area contributed by atoms with Crippen LogP contribution in [0, 0.1) is 12.7 Å². The van der Waals surface area contributed by atoms with Crippen molar-refractivity contribution < 1.29 is 32.6 Å². The summed E-state index contributed by atoms with van der Waals surface area (Å²) in [6.45, 7) is 2.16. The Morgan fingerprint density at radius 1 is 1.15 bits per heavy atom. The number of sulfone groups is 1. The highest BCUT2D eigenvalue weighted by Gasteiger charge is 2.25. The first-order valence-corrected chi connectivity index (χ1v) is 10.8. The van der Waals surface area contributed by atoms with Gasteiger partial charge >= 0.3 is 11.9 Å². The number of hydrogen-bond acceptors (Lipinski definition) is 7. The molecule has 0 aliphatic carbocycles. The molecule has 0 bridgehead atoms. The molecule has 0 atom stereocenters. The summed E-state index contributed by atoms with van der Waals surface area (Å²) < 4.78 is 41.1. The van der Waals surface area contributed by atoms with Crippen molar-refractivity contribution in [1.29, 1.82) is 0 Å². The maximum Gasteiger partial charge on any atom is 0.328 e. The number of hydrogen-bond donors (Lipinski definition) is 3. The smallest absolute Gasteiger partial charge is 0.328 e. The van der Waals surface area contributed by atoms with E-state index in [0.717, 1.165) is 0 Å². The third kappa shape index (κ3) is 6.79. The molecule has 0 fully saturated rings. The van der Waals surface area contributed by atoms with Crippen LogP contribution in [0.2, 0.25) is 0 Å². The van der Waals surface area contributed by atoms with Gasteiger partial charge in [-0.15, -0.1) is 0 Å². The summed E-state index contributed by atoms with van der Waals surface area (Å²) in [4.78, 5) is 23.0. The molecule has 0 unspecified atom stereocenters. The Kier molecular flexibility index (Phi) is 8.54. The zero-order chi connectivity index (χ0) is 24.6. The largest absolute Gasteiger partial charge is 0.478 e. The van der Waals surface area contributed by atoms with Gasteiger partial charge in [0.05, 0.1) is 16.3 Å². The van der Waals surface area contributed by atoms with Crippen molar-refractivity contribution in [2.75, 3.05) is 7.05 Å². The number of aromatic nitrogens is 3. The van der Waals surface area contributed by atoms with Gasteiger partial charge in [0.25, 0.3) is 0 Å². The highest BCUT2D eigenvalue weighted by atomic mass is 32.2. The second-order valence-electron chi connectivity index (χ2n) is 6.55. The van der Waals surface area contributed by atoms with E-state index in [2.05, 4.69) is 15.4 Å². The van der Waals surface area contributed by atoms with E-state index in [-0.39, 0.29) is 9.92 Å². The average Bonchev–Trinajstić information content (AvgIpc) is 3.20. The van der Waals surface area contributed by atoms with Crippen LogP contribution in [0.25, 0.3) is 5.69 Å². The standard InChI is InChI=1S/C17H17FN4O2S.C4H4O4/c1-12-5-6-13(18)8-16(12)22-17(9-14(21-22)10-19-2)25(23,24)15-4-3-7-20-11-15;5-3(6)1-2-4(7)8/h3-9,11,19H,10H2,1-2H3;1-2H,(H,5,6)(H,7,8)/b;2-1+. The molecule has 33 heavy (non-hydrogen) atoms. The van der Waals surface area contributed by atoms with E-state index in [9.17, 15) is 22.4 Å². The van der Waals surface area contributed by atoms with Crippen molar-refractivity contribution >= 4 is 21.8 Å². The number of halogens is 1. The summed E-state index contributed by atoms with van der Waals surface area (Å²) in [6, 6.07) is 8.69. The van der Waals surface area contributed by atoms with Crippen LogP contribution in [-0.4, -0.2) is 52.4 Å². The lowest BCUT2D eigenvalue weighted by molar-refractivity contribution is -0.134. The van der Waals surface area contributed by atoms with E-state index in [1.807, 2.05) is 0 Å². The van der Waals surface area contributed by atoms with Gasteiger partial charge in [0.1, 0.15) is 5.82 Å². The van der Waals surface area contributed by atoms with E-state index in [4.69, 9.17) is 10.2 Å². The van der Waals surface area contributed by atoms with Crippen LogP contribution in [0.15, 0.2) is 70.9 Å². The number of carboxylic acid groups (broad SMARTS) is 2. The maximum absolute atomic E-state index is 13.7. The fraction of sp³-hybridized carbons (Fsp3) is 0.143. The minimum atomic E-state index is -3.86. The van der Waals surface area contributed by atoms with Gasteiger partial charge in [-0.3, -0.25) is 4.98 Å². The number of nitrogens with one attached hydrogen (secondary N) is 1. The van der Waals surface area contributed by atoms with Gasteiger partial charge in [-0.25, -0.2) is 27.1 Å². The molecule has 12 heteroatoms. The van der Waals surface area contributed by atoms with Crippen molar-refractivity contribution in [3.05, 3.63) is 78.0 Å². The SMILES string of the molecule is CNCc1cc(S(=O)(=O)c2cccnc2)n(-c2cc(F)ccc2C)n1.O=C(O)/C=C/C(=O)O. The fourth-order valence-corrected chi connectivity index (χ4v) is 3.98. The van der Waals surface area contributed by atoms with E-state index >= 15 is 0 Å². The number of aliphatic carboxylic acids is 2. The normalized spacial score (nSPS) is 11.1. The van der Waals surface area contributed by atoms with Crippen LogP contribution in [-0.2, 0) is 26.0 Å². The fourth-order valence-electron chi connectivity index (χ4n) is 2.62. The predicted octanol–water partition coefficient (Wildman–Crippen LogP) is 1.98. The van der Waals surface area contributed by atoms with Crippen molar-refractivity contribution in [3.63, 3.8) is 0 Å². The van der Waals surface area contributed by atoms with Crippen molar-refractivity contribution in [2.24, 2.45) is 0 Å². The van der Waals surface area contributed by atoms with Gasteiger partial charge in [-0.05, 0) is 43.8 Å². The van der Waals surface area contributed by atoms with E-state index < -0.39 is 27.6 Å². The van der Waals surface area contributed by atoms with Crippen LogP contribution in [0.3, 0.4) is 0 Å². The first-order chi connectivity index (χ1) is 15.6. The summed E-state index contributed by atoms with van der Waals surface area (Å²) in [5.41, 5.74) is 1.63. The molecule has 0 spiro atoms. The third-order valence-corrected chi connectivity index (χ3v) is 5.78. The summed E-state index contributed by atoms with van der Waals surface area (Å²) in [5, 5.41) is 22.9. The molecule has 2 heterocycles. The molecule has 3 aromatic rings. The quantitative estimate of drug-likeness (QED) is 0.435. The molecule has 3 N–H and O–H groups in total. The van der Waals surface area contributed by atoms with Crippen molar-refractivity contribution in [2.45, 2.75) is 23.4 Å². The molecular formula is C21H21FN4O6S. The molecule has 2 aromatic heterocycles. The van der Waals surface area contributed by atoms with Gasteiger partial charge in [-0.2, -0.15) is 5.10 Å². The lowest BCUT2D eigenvalue weighted by Gasteiger charge is -2.11. The second-order valence-corrected chi connectivity index (χ2v) is 8.45. The zero-order valence-electron chi connectivity index (χ0n) is 17.6. The Morgan fingerprint density at radius 2 is 1.82 bits per heavy atom. The number of pyridine rings is 1. The summed E-state index contributed by atoms with van der Waals surface area (Å²) in [5.74, 6) is -2.98. The lowest BCUT2D eigenvalue weighted by Crippen LogP contribution is -2.11. The Hall–Kier alpha value is -3.90. The van der Waals surface area contributed by atoms with Gasteiger partial charge < -0.3 is 15.5 Å². The van der Waals surface area contributed by atoms with Crippen LogP contribution >= 0.6 is 0 Å². The van der Waals surface area contributed by atoms with Crippen molar-refractivity contribution in [1.82, 2.24) is 20.1 Å². The Labute approximate surface area is 188 Å². The molecular weight excluding hydrogens is 455 g/mol. The highest BCUT2D eigenvalue weighted by Crippen LogP contribution is 2.26. The van der Waals surface area contributed by atoms with Crippen molar-refractivity contribution in [3.8, 4) is 5.69 Å². The van der Waals surface area contributed by atoms with E-state index in [1.54, 1.807) is 26.1 Å². The average molecular weight is 476 g/mol. The van der Waals surface area contributed by atoms with Crippen LogP contribution < -0.4 is 5.32 Å². The summed E-state index contributed by atoms with van der Waals surface area (Å²) >= 11 is 0. The van der Waals surface area contributed by atoms with Gasteiger partial charge in [-0.1, -0.05) is 6.07 Å². The molecule has 0 aliphatic heterocycles. The molecule has 0 aliphatic rings. The minimum Gasteiger partial charge on any atom is -0.478 e. The molecule has 3 rings (SSSR count). The number of benzene rings is 1. The van der Waals surface area contributed by atoms with E-state index in [0.29, 0.717) is 35.6 Å². The number of rotatable bonds is 7. The molecule has 1 aromatic carbocycles. The Bertz CT molecular complexity index is 1260. The number of carbonyl (C=O) groups is 2. The molecule has 0 saturated heterocycles. The third-order valence-electron chi connectivity index (χ3n) is 4.07. The molecule has 10 nitrogen and oxygen atoms in total. The minimum absolute atomic E-state index is 0.0283. The number of carboxylic acids is 2. The Morgan fingerprint density at radius 3 is 2.36 bits per heavy atom. The molecule has 174 valence electrons. The van der Waals surface area contributed by atoms with Crippen LogP contribution in [0.1, 0.15) is 11.3 Å². The summed E-state index contributed by atoms with van der Waals surface area (Å²) in [7, 11) is -2.12. The molecule has 0 saturated carbocycles. The number of nitrogens with zero attached hydrogens (tertiary/aromatic N) is 3. The maximum atomic E-state index is 13.7. The zero-order valence-corrected chi connectivity index (χ0v) is 18.5. The topological polar surface area (TPSA) is 151 Å². The van der Waals surface area contributed by atoms with Gasteiger partial charge in [0.2, 0.25) is 9.84 Å². The van der Waals surface area contributed by atoms with Gasteiger partial charge in [0, 0.05) is 37.2 Å². The van der Waals surface area contributed by atoms with Crippen LogP contribution in [0.4, 0.5) is 4.39 Å².